The van der Waals surface area contributed by atoms with Crippen molar-refractivity contribution in [2.45, 2.75) is 83.2 Å². The molecule has 224 valence electrons. The minimum absolute atomic E-state index is 0. The van der Waals surface area contributed by atoms with Crippen LogP contribution in [0.4, 0.5) is 52.7 Å². The quantitative estimate of drug-likeness (QED) is 0.103. The topological polar surface area (TPSA) is 74.6 Å². The number of allylic oxidation sites excluding steroid dienone is 4. The first-order valence-electron chi connectivity index (χ1n) is 9.61. The number of carbonyl (C=O) groups excluding carboxylic acids is 2. The van der Waals surface area contributed by atoms with Crippen LogP contribution in [-0.2, 0) is 30.0 Å². The average molecular weight is 684 g/mol. The van der Waals surface area contributed by atoms with E-state index in [2.05, 4.69) is 41.5 Å². The molecule has 0 aromatic heterocycles. The first-order chi connectivity index (χ1) is 15.6. The van der Waals surface area contributed by atoms with E-state index in [4.69, 9.17) is 10.2 Å². The van der Waals surface area contributed by atoms with Crippen LogP contribution < -0.4 is 0 Å². The van der Waals surface area contributed by atoms with Crippen LogP contribution in [-0.4, -0.2) is 63.5 Å². The molecule has 0 saturated carbocycles. The van der Waals surface area contributed by atoms with Crippen LogP contribution in [0.1, 0.15) is 41.5 Å². The molecular formula is C19H26F12O4PPd+. The largest absolute Gasteiger partial charge is 0.504 e. The summed E-state index contributed by atoms with van der Waals surface area (Å²) >= 11 is 0. The van der Waals surface area contributed by atoms with Crippen LogP contribution in [0.3, 0.4) is 0 Å². The van der Waals surface area contributed by atoms with Crippen LogP contribution in [0.25, 0.3) is 0 Å². The van der Waals surface area contributed by atoms with Gasteiger partial charge in [-0.25, -0.2) is 0 Å². The van der Waals surface area contributed by atoms with E-state index in [1.165, 1.54) is 0 Å². The molecule has 0 unspecified atom stereocenters. The van der Waals surface area contributed by atoms with Gasteiger partial charge in [0.25, 0.3) is 11.6 Å². The molecule has 0 spiro atoms. The van der Waals surface area contributed by atoms with Crippen molar-refractivity contribution in [3.05, 3.63) is 23.7 Å². The molecule has 0 aliphatic rings. The Morgan fingerprint density at radius 3 is 0.811 bits per heavy atom. The van der Waals surface area contributed by atoms with Gasteiger partial charge in [0.1, 0.15) is 0 Å². The second-order valence-electron chi connectivity index (χ2n) is 7.74. The van der Waals surface area contributed by atoms with Crippen molar-refractivity contribution in [3.63, 3.8) is 0 Å². The minimum Gasteiger partial charge on any atom is -0.504 e. The van der Waals surface area contributed by atoms with Crippen LogP contribution in [0, 0.1) is 0 Å². The predicted molar refractivity (Wildman–Crippen MR) is 109 cm³/mol. The van der Waals surface area contributed by atoms with Gasteiger partial charge in [-0.15, -0.1) is 0 Å². The van der Waals surface area contributed by atoms with Crippen molar-refractivity contribution in [2.24, 2.45) is 0 Å². The van der Waals surface area contributed by atoms with Gasteiger partial charge in [0.15, 0.2) is 0 Å². The van der Waals surface area contributed by atoms with Gasteiger partial charge in [-0.2, -0.15) is 52.7 Å². The summed E-state index contributed by atoms with van der Waals surface area (Å²) in [7, 11) is -0.0957. The van der Waals surface area contributed by atoms with Gasteiger partial charge in [0, 0.05) is 40.5 Å². The summed E-state index contributed by atoms with van der Waals surface area (Å²) in [5.41, 5.74) is 2.81. The van der Waals surface area contributed by atoms with Crippen molar-refractivity contribution in [3.8, 4) is 0 Å². The molecule has 0 heterocycles. The molecule has 0 radical (unpaired) electrons. The van der Waals surface area contributed by atoms with Crippen molar-refractivity contribution in [2.75, 3.05) is 0 Å². The zero-order chi connectivity index (χ0) is 30.0. The van der Waals surface area contributed by atoms with Crippen LogP contribution in [0.2, 0.25) is 0 Å². The summed E-state index contributed by atoms with van der Waals surface area (Å²) in [6, 6.07) is 0. The maximum Gasteiger partial charge on any atom is 0.454 e. The van der Waals surface area contributed by atoms with E-state index < -0.39 is 59.9 Å². The Balaban J connectivity index is -0.000000220. The van der Waals surface area contributed by atoms with E-state index in [1.807, 2.05) is 0 Å². The molecule has 0 bridgehead atoms. The molecular weight excluding hydrogens is 658 g/mol. The molecule has 18 heteroatoms. The molecule has 0 atom stereocenters. The fraction of sp³-hybridized carbons (Fsp3) is 0.684. The maximum absolute atomic E-state index is 11.4. The number of rotatable bonds is 5. The van der Waals surface area contributed by atoms with Crippen molar-refractivity contribution in [1.82, 2.24) is 0 Å². The number of aliphatic hydroxyl groups excluding tert-OH is 2. The van der Waals surface area contributed by atoms with Gasteiger partial charge in [0.05, 0.1) is 17.0 Å². The van der Waals surface area contributed by atoms with Crippen molar-refractivity contribution in [1.29, 1.82) is 0 Å². The molecule has 0 amide bonds. The number of alkyl halides is 12. The third kappa shape index (κ3) is 20.3. The summed E-state index contributed by atoms with van der Waals surface area (Å²) in [4.78, 5) is 19.7. The molecule has 37 heavy (non-hydrogen) atoms. The first kappa shape index (κ1) is 42.8. The summed E-state index contributed by atoms with van der Waals surface area (Å²) in [5.74, 6) is -10.7. The standard InChI is InChI=1S/C9H21P.2C5H2F6O2.Pd/c1-7(2)10(8(3)4)9(5)6;2*6-4(7,8)2(12)1-3(13)5(9,10)11;/h7-9H,1-6H3;2*1,12H;/p+1/b;2*2-1-;. The zero-order valence-corrected chi connectivity index (χ0v) is 22.5. The van der Waals surface area contributed by atoms with E-state index in [1.54, 1.807) is 0 Å². The number of hydrogen-bond acceptors (Lipinski definition) is 4. The Morgan fingerprint density at radius 2 is 0.730 bits per heavy atom. The second-order valence-corrected chi connectivity index (χ2v) is 12.2. The van der Waals surface area contributed by atoms with Gasteiger partial charge in [-0.05, 0) is 41.5 Å². The Labute approximate surface area is 219 Å². The van der Waals surface area contributed by atoms with Crippen LogP contribution in [0.5, 0.6) is 0 Å². The summed E-state index contributed by atoms with van der Waals surface area (Å²) in [5, 5.41) is 15.9. The fourth-order valence-electron chi connectivity index (χ4n) is 2.58. The third-order valence-electron chi connectivity index (χ3n) is 3.68. The number of carbonyl (C=O) groups is 2. The van der Waals surface area contributed by atoms with Gasteiger partial charge in [-0.3, -0.25) is 9.59 Å². The molecule has 0 rings (SSSR count). The van der Waals surface area contributed by atoms with Gasteiger partial charge in [0.2, 0.25) is 11.5 Å². The monoisotopic (exact) mass is 683 g/mol. The van der Waals surface area contributed by atoms with Gasteiger partial charge < -0.3 is 10.2 Å². The Morgan fingerprint density at radius 1 is 0.541 bits per heavy atom. The predicted octanol–water partition coefficient (Wildman–Crippen LogP) is 7.67. The minimum atomic E-state index is -5.42. The molecule has 0 saturated heterocycles. The Bertz CT molecular complexity index is 694. The molecule has 0 aromatic carbocycles. The van der Waals surface area contributed by atoms with Crippen molar-refractivity contribution >= 4 is 19.5 Å². The summed E-state index contributed by atoms with van der Waals surface area (Å²) in [6.45, 7) is 14.2. The zero-order valence-electron chi connectivity index (χ0n) is 19.9. The number of halogens is 12. The molecule has 0 aromatic rings. The molecule has 0 aliphatic heterocycles. The van der Waals surface area contributed by atoms with E-state index in [9.17, 15) is 62.3 Å². The normalized spacial score (nSPS) is 13.6. The maximum atomic E-state index is 11.4. The summed E-state index contributed by atoms with van der Waals surface area (Å²) < 4.78 is 136. The summed E-state index contributed by atoms with van der Waals surface area (Å²) in [6.07, 6.45) is -23.4. The van der Waals surface area contributed by atoms with Gasteiger partial charge in [-0.1, -0.05) is 0 Å². The second kappa shape index (κ2) is 16.6. The van der Waals surface area contributed by atoms with Crippen LogP contribution in [0.15, 0.2) is 23.7 Å². The van der Waals surface area contributed by atoms with E-state index >= 15 is 0 Å². The fourth-order valence-corrected chi connectivity index (χ4v) is 6.58. The number of hydrogen-bond donors (Lipinski definition) is 2. The molecule has 4 nitrogen and oxygen atoms in total. The molecule has 0 aliphatic carbocycles. The van der Waals surface area contributed by atoms with Crippen LogP contribution >= 0.6 is 7.92 Å². The number of ketones is 2. The number of aliphatic hydroxyl groups is 2. The third-order valence-corrected chi connectivity index (χ3v) is 7.68. The van der Waals surface area contributed by atoms with E-state index in [-0.39, 0.29) is 28.3 Å². The van der Waals surface area contributed by atoms with Gasteiger partial charge >= 0.3 is 24.7 Å². The molecule has 2 N–H and O–H groups in total. The van der Waals surface area contributed by atoms with E-state index in [0.717, 1.165) is 17.0 Å². The first-order valence-corrected chi connectivity index (χ1v) is 11.3. The van der Waals surface area contributed by atoms with Crippen molar-refractivity contribution < 1.29 is 92.9 Å². The van der Waals surface area contributed by atoms with E-state index in [0.29, 0.717) is 0 Å². The smallest absolute Gasteiger partial charge is 0.454 e. The molecule has 0 fully saturated rings. The average Bonchev–Trinajstić information content (AvgIpc) is 2.58. The SMILES string of the molecule is CC(C)[PH+](C(C)C)C(C)C.O=C(/C=C(\O)C(F)(F)F)C(F)(F)F.O=C(/C=C(\O)C(F)(F)F)C(F)(F)F.[Pd]. The Kier molecular flexibility index (Phi) is 19.2. The Hall–Kier alpha value is -1.33.